The third-order valence-corrected chi connectivity index (χ3v) is 2.89. The Bertz CT molecular complexity index is 445. The van der Waals surface area contributed by atoms with E-state index in [4.69, 9.17) is 5.11 Å². The summed E-state index contributed by atoms with van der Waals surface area (Å²) >= 11 is 0. The van der Waals surface area contributed by atoms with Crippen molar-refractivity contribution in [3.05, 3.63) is 41.8 Å². The zero-order chi connectivity index (χ0) is 10.6. The average molecular weight is 212 g/mol. The van der Waals surface area contributed by atoms with Gasteiger partial charge in [0.15, 0.2) is 9.84 Å². The van der Waals surface area contributed by atoms with Gasteiger partial charge in [0.1, 0.15) is 0 Å². The minimum Gasteiger partial charge on any atom is -0.478 e. The number of carboxylic acids is 1. The molecule has 0 aromatic heterocycles. The highest BCUT2D eigenvalue weighted by molar-refractivity contribution is 7.94. The summed E-state index contributed by atoms with van der Waals surface area (Å²) in [6.07, 6.45) is 0.600. The maximum atomic E-state index is 11.4. The highest BCUT2D eigenvalue weighted by Gasteiger charge is 2.09. The molecule has 0 saturated carbocycles. The lowest BCUT2D eigenvalue weighted by molar-refractivity contribution is -0.131. The van der Waals surface area contributed by atoms with Crippen molar-refractivity contribution < 1.29 is 18.3 Å². The predicted octanol–water partition coefficient (Wildman–Crippen LogP) is 1.06. The fourth-order valence-corrected chi connectivity index (χ4v) is 1.83. The molecule has 1 aromatic carbocycles. The van der Waals surface area contributed by atoms with Crippen LogP contribution in [0.15, 0.2) is 46.7 Å². The Kier molecular flexibility index (Phi) is 3.03. The van der Waals surface area contributed by atoms with Crippen molar-refractivity contribution in [1.82, 2.24) is 0 Å². The first-order valence-electron chi connectivity index (χ1n) is 3.73. The zero-order valence-electron chi connectivity index (χ0n) is 7.12. The number of hydrogen-bond donors (Lipinski definition) is 1. The van der Waals surface area contributed by atoms with Crippen LogP contribution in [0.2, 0.25) is 0 Å². The van der Waals surface area contributed by atoms with Gasteiger partial charge in [-0.1, -0.05) is 18.2 Å². The van der Waals surface area contributed by atoms with E-state index in [1.165, 1.54) is 12.1 Å². The van der Waals surface area contributed by atoms with Gasteiger partial charge in [0.2, 0.25) is 0 Å². The lowest BCUT2D eigenvalue weighted by Crippen LogP contribution is -1.97. The van der Waals surface area contributed by atoms with E-state index >= 15 is 0 Å². The van der Waals surface area contributed by atoms with Crippen LogP contribution >= 0.6 is 0 Å². The van der Waals surface area contributed by atoms with E-state index in [0.717, 1.165) is 0 Å². The van der Waals surface area contributed by atoms with Gasteiger partial charge >= 0.3 is 5.97 Å². The van der Waals surface area contributed by atoms with Gasteiger partial charge in [-0.25, -0.2) is 13.2 Å². The number of carbonyl (C=O) groups is 1. The first kappa shape index (κ1) is 10.5. The van der Waals surface area contributed by atoms with Crippen LogP contribution < -0.4 is 0 Å². The number of hydrogen-bond acceptors (Lipinski definition) is 3. The average Bonchev–Trinajstić information content (AvgIpc) is 2.16. The Balaban J connectivity index is 3.05. The number of sulfone groups is 1. The first-order chi connectivity index (χ1) is 6.52. The lowest BCUT2D eigenvalue weighted by atomic mass is 10.4. The van der Waals surface area contributed by atoms with E-state index < -0.39 is 15.8 Å². The molecule has 0 saturated heterocycles. The summed E-state index contributed by atoms with van der Waals surface area (Å²) in [7, 11) is -3.62. The summed E-state index contributed by atoms with van der Waals surface area (Å²) in [5, 5.41) is 8.94. The molecule has 4 nitrogen and oxygen atoms in total. The van der Waals surface area contributed by atoms with Gasteiger partial charge in [0, 0.05) is 11.5 Å². The molecule has 1 aromatic rings. The third-order valence-electron chi connectivity index (χ3n) is 1.46. The quantitative estimate of drug-likeness (QED) is 0.760. The highest BCUT2D eigenvalue weighted by atomic mass is 32.2. The molecule has 0 radical (unpaired) electrons. The zero-order valence-corrected chi connectivity index (χ0v) is 7.94. The van der Waals surface area contributed by atoms with Crippen molar-refractivity contribution in [2.75, 3.05) is 0 Å². The normalized spacial score (nSPS) is 11.7. The first-order valence-corrected chi connectivity index (χ1v) is 5.28. The van der Waals surface area contributed by atoms with E-state index in [-0.39, 0.29) is 4.90 Å². The molecule has 1 rings (SSSR count). The van der Waals surface area contributed by atoms with E-state index in [2.05, 4.69) is 0 Å². The van der Waals surface area contributed by atoms with Gasteiger partial charge < -0.3 is 5.11 Å². The van der Waals surface area contributed by atoms with Gasteiger partial charge in [0.25, 0.3) is 0 Å². The van der Waals surface area contributed by atoms with Gasteiger partial charge in [-0.05, 0) is 12.1 Å². The molecule has 5 heteroatoms. The summed E-state index contributed by atoms with van der Waals surface area (Å²) in [5.41, 5.74) is 0. The lowest BCUT2D eigenvalue weighted by Gasteiger charge is -1.96. The van der Waals surface area contributed by atoms with E-state index in [1.807, 2.05) is 0 Å². The summed E-state index contributed by atoms with van der Waals surface area (Å²) in [5.74, 6) is -1.29. The maximum absolute atomic E-state index is 11.4. The van der Waals surface area contributed by atoms with Crippen LogP contribution in [0.1, 0.15) is 0 Å². The molecule has 0 atom stereocenters. The van der Waals surface area contributed by atoms with Gasteiger partial charge in [-0.2, -0.15) is 0 Å². The van der Waals surface area contributed by atoms with Crippen LogP contribution in [0.25, 0.3) is 0 Å². The van der Waals surface area contributed by atoms with Gasteiger partial charge in [-0.3, -0.25) is 0 Å². The topological polar surface area (TPSA) is 71.4 Å². The number of aliphatic carboxylic acids is 1. The molecule has 1 N–H and O–H groups in total. The molecular weight excluding hydrogens is 204 g/mol. The van der Waals surface area contributed by atoms with E-state index in [1.54, 1.807) is 18.2 Å². The SMILES string of the molecule is O=C(O)/C=C/S(=O)(=O)c1ccccc1. The second-order valence-corrected chi connectivity index (χ2v) is 4.33. The molecule has 0 spiro atoms. The maximum Gasteiger partial charge on any atom is 0.329 e. The monoisotopic (exact) mass is 212 g/mol. The molecular formula is C9H8O4S. The van der Waals surface area contributed by atoms with Crippen LogP contribution in [0.3, 0.4) is 0 Å². The number of carboxylic acid groups (broad SMARTS) is 1. The minimum atomic E-state index is -3.62. The van der Waals surface area contributed by atoms with Crippen LogP contribution in [0.5, 0.6) is 0 Å². The van der Waals surface area contributed by atoms with Crippen LogP contribution in [-0.2, 0) is 14.6 Å². The Morgan fingerprint density at radius 2 is 1.79 bits per heavy atom. The molecule has 0 amide bonds. The Morgan fingerprint density at radius 3 is 2.29 bits per heavy atom. The van der Waals surface area contributed by atoms with E-state index in [9.17, 15) is 13.2 Å². The Hall–Kier alpha value is -1.62. The molecule has 0 heterocycles. The Labute approximate surface area is 81.4 Å². The third kappa shape index (κ3) is 2.70. The van der Waals surface area contributed by atoms with Crippen molar-refractivity contribution in [3.63, 3.8) is 0 Å². The summed E-state index contributed by atoms with van der Waals surface area (Å²) in [6.45, 7) is 0. The summed E-state index contributed by atoms with van der Waals surface area (Å²) < 4.78 is 22.8. The van der Waals surface area contributed by atoms with Crippen molar-refractivity contribution in [2.24, 2.45) is 0 Å². The summed E-state index contributed by atoms with van der Waals surface area (Å²) in [4.78, 5) is 10.2. The number of rotatable bonds is 3. The second-order valence-electron chi connectivity index (χ2n) is 2.50. The smallest absolute Gasteiger partial charge is 0.329 e. The molecule has 0 aliphatic heterocycles. The largest absolute Gasteiger partial charge is 0.478 e. The fourth-order valence-electron chi connectivity index (χ4n) is 0.837. The van der Waals surface area contributed by atoms with Gasteiger partial charge in [-0.15, -0.1) is 0 Å². The predicted molar refractivity (Wildman–Crippen MR) is 50.4 cm³/mol. The highest BCUT2D eigenvalue weighted by Crippen LogP contribution is 2.10. The minimum absolute atomic E-state index is 0.0810. The van der Waals surface area contributed by atoms with Crippen LogP contribution in [0.4, 0.5) is 0 Å². The molecule has 0 aliphatic carbocycles. The van der Waals surface area contributed by atoms with Crippen LogP contribution in [-0.4, -0.2) is 19.5 Å². The number of benzene rings is 1. The molecule has 0 bridgehead atoms. The van der Waals surface area contributed by atoms with E-state index in [0.29, 0.717) is 11.5 Å². The van der Waals surface area contributed by atoms with Crippen molar-refractivity contribution in [2.45, 2.75) is 4.90 Å². The molecule has 74 valence electrons. The molecule has 0 fully saturated rings. The fraction of sp³-hybridized carbons (Fsp3) is 0. The Morgan fingerprint density at radius 1 is 1.21 bits per heavy atom. The molecule has 0 aliphatic rings. The molecule has 0 unspecified atom stereocenters. The van der Waals surface area contributed by atoms with Crippen LogP contribution in [0, 0.1) is 0 Å². The van der Waals surface area contributed by atoms with Gasteiger partial charge in [0.05, 0.1) is 4.90 Å². The standard InChI is InChI=1S/C9H8O4S/c10-9(11)6-7-14(12,13)8-4-2-1-3-5-8/h1-7H,(H,10,11)/b7-6+. The summed E-state index contributed by atoms with van der Waals surface area (Å²) in [6, 6.07) is 7.63. The van der Waals surface area contributed by atoms with Crippen molar-refractivity contribution in [1.29, 1.82) is 0 Å². The van der Waals surface area contributed by atoms with Crippen molar-refractivity contribution in [3.8, 4) is 0 Å². The second kappa shape index (κ2) is 4.06. The van der Waals surface area contributed by atoms with Crippen molar-refractivity contribution >= 4 is 15.8 Å². The molecule has 14 heavy (non-hydrogen) atoms.